The standard InChI is InChI=1S/4C8H19N4/c4*1-4-12(2,3)8-6-5-7-10-11-9/h4*4-8H2,1-3H3/q4*+1/i8D2;5D2;;. The molecule has 0 aromatic heterocycles. The van der Waals surface area contributed by atoms with Gasteiger partial charge in [0.05, 0.1) is 111 Å². The highest BCUT2D eigenvalue weighted by molar-refractivity contribution is 4.49. The van der Waals surface area contributed by atoms with E-state index in [0.29, 0.717) is 43.4 Å². The summed E-state index contributed by atoms with van der Waals surface area (Å²) in [5, 5.41) is 13.6. The number of azide groups is 4. The molecular formula is C32H76N16+4. The fraction of sp³-hybridized carbons (Fsp3) is 1.00. The molecule has 0 rings (SSSR count). The minimum atomic E-state index is -1.38. The number of nitrogens with zero attached hydrogens (tertiary/aromatic N) is 16. The van der Waals surface area contributed by atoms with Crippen molar-refractivity contribution in [2.45, 2.75) is 79.0 Å². The molecule has 16 nitrogen and oxygen atoms in total. The molecule has 0 heterocycles. The van der Waals surface area contributed by atoms with Crippen LogP contribution >= 0.6 is 0 Å². The Morgan fingerprint density at radius 1 is 0.417 bits per heavy atom. The first-order valence-electron chi connectivity index (χ1n) is 19.3. The molecule has 0 aliphatic heterocycles. The Balaban J connectivity index is -0.000000296. The number of quaternary nitrogens is 4. The van der Waals surface area contributed by atoms with E-state index in [-0.39, 0.29) is 6.54 Å². The SMILES string of the molecule is CC[N+](C)(C)CCCCN=[N+]=[N-].CC[N+](C)(C)CCCCN=[N+]=[N-].[2H]C([2H])(CCCN=[N+]=[N-])[N+](C)(C)CC.[2H]C([2H])(CC[N+](C)(C)CC)CN=[N+]=[N-]. The van der Waals surface area contributed by atoms with Crippen LogP contribution in [0.25, 0.3) is 41.8 Å². The molecule has 0 atom stereocenters. The molecule has 280 valence electrons. The molecule has 0 saturated carbocycles. The van der Waals surface area contributed by atoms with Crippen molar-refractivity contribution in [3.8, 4) is 0 Å². The average Bonchev–Trinajstić information content (AvgIpc) is 3.09. The van der Waals surface area contributed by atoms with Crippen molar-refractivity contribution < 1.29 is 23.4 Å². The minimum absolute atomic E-state index is 0.0762. The summed E-state index contributed by atoms with van der Waals surface area (Å²) >= 11 is 0. The molecule has 0 unspecified atom stereocenters. The summed E-state index contributed by atoms with van der Waals surface area (Å²) in [5.74, 6) is 0. The first-order chi connectivity index (χ1) is 23.9. The van der Waals surface area contributed by atoms with Crippen molar-refractivity contribution >= 4 is 0 Å². The van der Waals surface area contributed by atoms with Crippen molar-refractivity contribution in [3.05, 3.63) is 41.8 Å². The molecule has 0 bridgehead atoms. The van der Waals surface area contributed by atoms with Crippen molar-refractivity contribution in [1.29, 1.82) is 0 Å². The van der Waals surface area contributed by atoms with Gasteiger partial charge < -0.3 is 17.9 Å². The van der Waals surface area contributed by atoms with E-state index in [1.807, 2.05) is 21.0 Å². The van der Waals surface area contributed by atoms with Crippen LogP contribution in [0.1, 0.15) is 84.5 Å². The predicted molar refractivity (Wildman–Crippen MR) is 203 cm³/mol. The smallest absolute Gasteiger partial charge is 0.0924 e. The lowest BCUT2D eigenvalue weighted by Gasteiger charge is -2.27. The number of unbranched alkanes of at least 4 members (excludes halogenated alkanes) is 2. The summed E-state index contributed by atoms with van der Waals surface area (Å²) in [5.41, 5.74) is 32.2. The highest BCUT2D eigenvalue weighted by Gasteiger charge is 2.12. The van der Waals surface area contributed by atoms with Gasteiger partial charge in [0.15, 0.2) is 0 Å². The van der Waals surface area contributed by atoms with Gasteiger partial charge in [0, 0.05) is 48.6 Å². The number of hydrogen-bond donors (Lipinski definition) is 0. The summed E-state index contributed by atoms with van der Waals surface area (Å²) in [6.07, 6.45) is 4.35. The third-order valence-corrected chi connectivity index (χ3v) is 8.21. The second-order valence-corrected chi connectivity index (χ2v) is 13.9. The van der Waals surface area contributed by atoms with Crippen LogP contribution in [-0.2, 0) is 0 Å². The van der Waals surface area contributed by atoms with Gasteiger partial charge in [-0.1, -0.05) is 20.5 Å². The first kappa shape index (κ1) is 43.1. The molecular weight excluding hydrogens is 608 g/mol. The minimum Gasteiger partial charge on any atom is -0.329 e. The second kappa shape index (κ2) is 34.0. The van der Waals surface area contributed by atoms with Crippen LogP contribution in [0.4, 0.5) is 0 Å². The van der Waals surface area contributed by atoms with E-state index in [2.05, 4.69) is 103 Å². The maximum atomic E-state index is 8.09. The van der Waals surface area contributed by atoms with Gasteiger partial charge in [0.2, 0.25) is 0 Å². The van der Waals surface area contributed by atoms with Crippen molar-refractivity contribution in [3.63, 3.8) is 0 Å². The van der Waals surface area contributed by atoms with Crippen LogP contribution in [0.3, 0.4) is 0 Å². The Hall–Kier alpha value is -2.92. The highest BCUT2D eigenvalue weighted by atomic mass is 15.3. The van der Waals surface area contributed by atoms with Crippen LogP contribution in [-0.4, -0.2) is 153 Å². The predicted octanol–water partition coefficient (Wildman–Crippen LogP) is 8.69. The zero-order chi connectivity index (χ0) is 41.4. The fourth-order valence-electron chi connectivity index (χ4n) is 3.24. The average molecular weight is 689 g/mol. The molecule has 0 fully saturated rings. The molecule has 0 spiro atoms. The van der Waals surface area contributed by atoms with Crippen LogP contribution < -0.4 is 0 Å². The zero-order valence-corrected chi connectivity index (χ0v) is 32.9. The van der Waals surface area contributed by atoms with Gasteiger partial charge in [0.25, 0.3) is 0 Å². The van der Waals surface area contributed by atoms with E-state index in [1.165, 1.54) is 0 Å². The third kappa shape index (κ3) is 45.2. The normalized spacial score (nSPS) is 12.8. The van der Waals surface area contributed by atoms with Gasteiger partial charge >= 0.3 is 0 Å². The summed E-state index contributed by atoms with van der Waals surface area (Å²) in [6, 6.07) is 0. The summed E-state index contributed by atoms with van der Waals surface area (Å²) in [7, 11) is 16.7. The quantitative estimate of drug-likeness (QED) is 0.0308. The monoisotopic (exact) mass is 689 g/mol. The highest BCUT2D eigenvalue weighted by Crippen LogP contribution is 2.03. The maximum absolute atomic E-state index is 8.09. The van der Waals surface area contributed by atoms with Gasteiger partial charge in [-0.05, 0) is 101 Å². The van der Waals surface area contributed by atoms with Gasteiger partial charge in [-0.3, -0.25) is 0 Å². The lowest BCUT2D eigenvalue weighted by molar-refractivity contribution is -0.888. The Kier molecular flexibility index (Phi) is 30.5. The molecule has 0 amide bonds. The molecule has 0 aliphatic carbocycles. The Morgan fingerprint density at radius 3 is 1.02 bits per heavy atom. The van der Waals surface area contributed by atoms with Crippen LogP contribution in [0.2, 0.25) is 0 Å². The van der Waals surface area contributed by atoms with Crippen molar-refractivity contribution in [2.24, 2.45) is 20.5 Å². The van der Waals surface area contributed by atoms with E-state index in [1.54, 1.807) is 0 Å². The summed E-state index contributed by atoms with van der Waals surface area (Å²) in [6.45, 7) is 15.8. The van der Waals surface area contributed by atoms with Gasteiger partial charge in [-0.25, -0.2) is 0 Å². The fourth-order valence-corrected chi connectivity index (χ4v) is 3.24. The van der Waals surface area contributed by atoms with Gasteiger partial charge in [-0.15, -0.1) is 0 Å². The van der Waals surface area contributed by atoms with Gasteiger partial charge in [0.1, 0.15) is 0 Å². The molecule has 48 heavy (non-hydrogen) atoms. The van der Waals surface area contributed by atoms with Crippen molar-refractivity contribution in [1.82, 2.24) is 0 Å². The van der Waals surface area contributed by atoms with E-state index < -0.39 is 12.9 Å². The molecule has 0 radical (unpaired) electrons. The van der Waals surface area contributed by atoms with Crippen molar-refractivity contribution in [2.75, 3.05) is 135 Å². The van der Waals surface area contributed by atoms with Gasteiger partial charge in [-0.2, -0.15) is 0 Å². The Morgan fingerprint density at radius 2 is 0.708 bits per heavy atom. The third-order valence-electron chi connectivity index (χ3n) is 8.21. The van der Waals surface area contributed by atoms with Crippen LogP contribution in [0.5, 0.6) is 0 Å². The maximum Gasteiger partial charge on any atom is 0.0924 e. The first-order valence-corrected chi connectivity index (χ1v) is 17.3. The molecule has 0 saturated heterocycles. The molecule has 0 aromatic rings. The molecule has 0 aliphatic rings. The van der Waals surface area contributed by atoms with E-state index in [4.69, 9.17) is 27.6 Å². The number of hydrogen-bond acceptors (Lipinski definition) is 4. The molecule has 0 N–H and O–H groups in total. The Bertz CT molecular complexity index is 1070. The van der Waals surface area contributed by atoms with E-state index >= 15 is 0 Å². The van der Waals surface area contributed by atoms with Crippen LogP contribution in [0, 0.1) is 0 Å². The summed E-state index contributed by atoms with van der Waals surface area (Å²) in [4.78, 5) is 10.6. The lowest BCUT2D eigenvalue weighted by atomic mass is 10.3. The van der Waals surface area contributed by atoms with Crippen LogP contribution in [0.15, 0.2) is 20.5 Å². The zero-order valence-electron chi connectivity index (χ0n) is 36.9. The molecule has 0 aromatic carbocycles. The molecule has 16 heteroatoms. The lowest BCUT2D eigenvalue weighted by Crippen LogP contribution is -2.39. The Labute approximate surface area is 299 Å². The second-order valence-electron chi connectivity index (χ2n) is 13.9. The largest absolute Gasteiger partial charge is 0.329 e. The van der Waals surface area contributed by atoms with E-state index in [0.717, 1.165) is 84.9 Å². The van der Waals surface area contributed by atoms with E-state index in [9.17, 15) is 0 Å². The summed E-state index contributed by atoms with van der Waals surface area (Å²) < 4.78 is 34.1. The number of rotatable bonds is 24. The topological polar surface area (TPSA) is 195 Å².